The Balaban J connectivity index is 1.56. The Kier molecular flexibility index (Phi) is 5.62. The molecular formula is C21H16ClN3OS2. The number of nitrogens with one attached hydrogen (secondary N) is 1. The lowest BCUT2D eigenvalue weighted by Gasteiger charge is -2.09. The molecule has 0 saturated carbocycles. The summed E-state index contributed by atoms with van der Waals surface area (Å²) < 4.78 is 0. The van der Waals surface area contributed by atoms with Crippen LogP contribution in [0.1, 0.15) is 5.56 Å². The number of halogens is 1. The van der Waals surface area contributed by atoms with E-state index in [4.69, 9.17) is 11.6 Å². The zero-order valence-corrected chi connectivity index (χ0v) is 17.4. The largest absolute Gasteiger partial charge is 0.325 e. The van der Waals surface area contributed by atoms with Gasteiger partial charge in [0, 0.05) is 21.7 Å². The van der Waals surface area contributed by atoms with E-state index >= 15 is 0 Å². The van der Waals surface area contributed by atoms with Crippen molar-refractivity contribution in [2.75, 3.05) is 11.1 Å². The Morgan fingerprint density at radius 1 is 1.14 bits per heavy atom. The van der Waals surface area contributed by atoms with Gasteiger partial charge in [0.1, 0.15) is 16.2 Å². The van der Waals surface area contributed by atoms with Crippen molar-refractivity contribution in [2.45, 2.75) is 11.9 Å². The fraction of sp³-hybridized carbons (Fsp3) is 0.0952. The van der Waals surface area contributed by atoms with Gasteiger partial charge in [-0.25, -0.2) is 9.97 Å². The summed E-state index contributed by atoms with van der Waals surface area (Å²) in [4.78, 5) is 22.2. The molecule has 4 nitrogen and oxygen atoms in total. The highest BCUT2D eigenvalue weighted by atomic mass is 35.5. The summed E-state index contributed by atoms with van der Waals surface area (Å²) in [6.07, 6.45) is 1.55. The van der Waals surface area contributed by atoms with E-state index in [-0.39, 0.29) is 11.7 Å². The number of rotatable bonds is 5. The molecule has 140 valence electrons. The number of nitrogens with zero attached hydrogens (tertiary/aromatic N) is 2. The van der Waals surface area contributed by atoms with Gasteiger partial charge in [-0.2, -0.15) is 0 Å². The molecule has 0 bridgehead atoms. The van der Waals surface area contributed by atoms with E-state index in [1.807, 2.05) is 37.3 Å². The van der Waals surface area contributed by atoms with Gasteiger partial charge in [0.05, 0.1) is 11.1 Å². The molecule has 0 aliphatic rings. The van der Waals surface area contributed by atoms with Crippen LogP contribution in [0.2, 0.25) is 5.02 Å². The molecule has 7 heteroatoms. The Morgan fingerprint density at radius 3 is 2.79 bits per heavy atom. The monoisotopic (exact) mass is 425 g/mol. The van der Waals surface area contributed by atoms with E-state index in [2.05, 4.69) is 32.8 Å². The Bertz CT molecular complexity index is 1150. The summed E-state index contributed by atoms with van der Waals surface area (Å²) in [5.41, 5.74) is 3.79. The van der Waals surface area contributed by atoms with Gasteiger partial charge in [-0.15, -0.1) is 11.3 Å². The molecule has 1 N–H and O–H groups in total. The van der Waals surface area contributed by atoms with Gasteiger partial charge >= 0.3 is 0 Å². The Labute approximate surface area is 176 Å². The second-order valence-electron chi connectivity index (χ2n) is 6.12. The van der Waals surface area contributed by atoms with Crippen LogP contribution in [0, 0.1) is 6.92 Å². The minimum absolute atomic E-state index is 0.0985. The van der Waals surface area contributed by atoms with Crippen LogP contribution in [0.25, 0.3) is 21.3 Å². The summed E-state index contributed by atoms with van der Waals surface area (Å²) in [7, 11) is 0. The fourth-order valence-corrected chi connectivity index (χ4v) is 4.82. The zero-order chi connectivity index (χ0) is 19.5. The molecule has 2 aromatic carbocycles. The molecule has 0 aliphatic carbocycles. The summed E-state index contributed by atoms with van der Waals surface area (Å²) in [5.74, 6) is 0.154. The van der Waals surface area contributed by atoms with Crippen molar-refractivity contribution in [3.05, 3.63) is 70.8 Å². The van der Waals surface area contributed by atoms with Gasteiger partial charge in [-0.3, -0.25) is 4.79 Å². The highest BCUT2D eigenvalue weighted by Crippen LogP contribution is 2.37. The third kappa shape index (κ3) is 3.90. The van der Waals surface area contributed by atoms with Crippen molar-refractivity contribution in [3.8, 4) is 11.1 Å². The van der Waals surface area contributed by atoms with Crippen molar-refractivity contribution in [2.24, 2.45) is 0 Å². The lowest BCUT2D eigenvalue weighted by atomic mass is 10.1. The first-order valence-electron chi connectivity index (χ1n) is 8.59. The van der Waals surface area contributed by atoms with Crippen molar-refractivity contribution in [3.63, 3.8) is 0 Å². The summed E-state index contributed by atoms with van der Waals surface area (Å²) >= 11 is 9.12. The van der Waals surface area contributed by atoms with E-state index in [9.17, 15) is 4.79 Å². The number of hydrogen-bond acceptors (Lipinski definition) is 5. The predicted molar refractivity (Wildman–Crippen MR) is 118 cm³/mol. The molecule has 0 radical (unpaired) electrons. The molecular weight excluding hydrogens is 410 g/mol. The lowest BCUT2D eigenvalue weighted by molar-refractivity contribution is -0.113. The topological polar surface area (TPSA) is 54.9 Å². The molecule has 0 unspecified atom stereocenters. The SMILES string of the molecule is Cc1c(Cl)cccc1NC(=O)CSc1ncnc2scc(-c3ccccc3)c12. The van der Waals surface area contributed by atoms with Crippen molar-refractivity contribution in [1.82, 2.24) is 9.97 Å². The minimum Gasteiger partial charge on any atom is -0.325 e. The zero-order valence-electron chi connectivity index (χ0n) is 15.0. The van der Waals surface area contributed by atoms with Crippen LogP contribution in [0.5, 0.6) is 0 Å². The molecule has 2 heterocycles. The lowest BCUT2D eigenvalue weighted by Crippen LogP contribution is -2.15. The number of aromatic nitrogens is 2. The number of fused-ring (bicyclic) bond motifs is 1. The second-order valence-corrected chi connectivity index (χ2v) is 8.35. The third-order valence-electron chi connectivity index (χ3n) is 4.30. The fourth-order valence-electron chi connectivity index (χ4n) is 2.85. The third-order valence-corrected chi connectivity index (χ3v) is 6.59. The molecule has 0 aliphatic heterocycles. The predicted octanol–water partition coefficient (Wildman–Crippen LogP) is 6.05. The van der Waals surface area contributed by atoms with E-state index in [1.165, 1.54) is 11.8 Å². The van der Waals surface area contributed by atoms with Crippen molar-refractivity contribution in [1.29, 1.82) is 0 Å². The smallest absolute Gasteiger partial charge is 0.234 e. The number of thiophene rings is 1. The number of carbonyl (C=O) groups is 1. The first kappa shape index (κ1) is 18.9. The van der Waals surface area contributed by atoms with Crippen LogP contribution in [-0.2, 0) is 4.79 Å². The molecule has 0 saturated heterocycles. The number of benzene rings is 2. The van der Waals surface area contributed by atoms with Gasteiger partial charge in [-0.1, -0.05) is 59.8 Å². The minimum atomic E-state index is -0.0985. The molecule has 0 fully saturated rings. The van der Waals surface area contributed by atoms with E-state index in [0.29, 0.717) is 5.02 Å². The summed E-state index contributed by atoms with van der Waals surface area (Å²) in [5, 5.41) is 7.45. The normalized spacial score (nSPS) is 10.9. The molecule has 0 atom stereocenters. The number of amides is 1. The van der Waals surface area contributed by atoms with Gasteiger partial charge in [0.25, 0.3) is 0 Å². The van der Waals surface area contributed by atoms with Crippen LogP contribution >= 0.6 is 34.7 Å². The quantitative estimate of drug-likeness (QED) is 0.312. The van der Waals surface area contributed by atoms with E-state index in [0.717, 1.165) is 37.6 Å². The Hall–Kier alpha value is -2.41. The van der Waals surface area contributed by atoms with Gasteiger partial charge < -0.3 is 5.32 Å². The maximum atomic E-state index is 12.5. The molecule has 28 heavy (non-hydrogen) atoms. The number of anilines is 1. The van der Waals surface area contributed by atoms with Gasteiger partial charge in [0.2, 0.25) is 5.91 Å². The second kappa shape index (κ2) is 8.31. The van der Waals surface area contributed by atoms with Gasteiger partial charge in [0.15, 0.2) is 0 Å². The first-order valence-corrected chi connectivity index (χ1v) is 10.8. The number of carbonyl (C=O) groups excluding carboxylic acids is 1. The molecule has 0 spiro atoms. The van der Waals surface area contributed by atoms with Crippen LogP contribution in [0.4, 0.5) is 5.69 Å². The molecule has 4 rings (SSSR count). The number of thioether (sulfide) groups is 1. The van der Waals surface area contributed by atoms with Crippen molar-refractivity contribution >= 4 is 56.5 Å². The maximum Gasteiger partial charge on any atom is 0.234 e. The van der Waals surface area contributed by atoms with Crippen LogP contribution in [-0.4, -0.2) is 21.6 Å². The van der Waals surface area contributed by atoms with Crippen LogP contribution in [0.15, 0.2) is 65.3 Å². The van der Waals surface area contributed by atoms with Crippen LogP contribution in [0.3, 0.4) is 0 Å². The Morgan fingerprint density at radius 2 is 1.96 bits per heavy atom. The first-order chi connectivity index (χ1) is 13.6. The summed E-state index contributed by atoms with van der Waals surface area (Å²) in [6.45, 7) is 1.89. The number of hydrogen-bond donors (Lipinski definition) is 1. The van der Waals surface area contributed by atoms with Crippen molar-refractivity contribution < 1.29 is 4.79 Å². The maximum absolute atomic E-state index is 12.5. The van der Waals surface area contributed by atoms with Crippen LogP contribution < -0.4 is 5.32 Å². The highest BCUT2D eigenvalue weighted by molar-refractivity contribution is 8.00. The summed E-state index contributed by atoms with van der Waals surface area (Å²) in [6, 6.07) is 15.6. The van der Waals surface area contributed by atoms with Gasteiger partial charge in [-0.05, 0) is 30.2 Å². The average molecular weight is 426 g/mol. The average Bonchev–Trinajstić information content (AvgIpc) is 3.15. The molecule has 4 aromatic rings. The molecule has 1 amide bonds. The van der Waals surface area contributed by atoms with E-state index in [1.54, 1.807) is 23.7 Å². The molecule has 2 aromatic heterocycles. The standard InChI is InChI=1S/C21H16ClN3OS2/c1-13-16(22)8-5-9-17(13)25-18(26)11-28-21-19-15(14-6-3-2-4-7-14)10-27-20(19)23-12-24-21/h2-10,12H,11H2,1H3,(H,25,26). The highest BCUT2D eigenvalue weighted by Gasteiger charge is 2.15. The van der Waals surface area contributed by atoms with E-state index < -0.39 is 0 Å².